The van der Waals surface area contributed by atoms with Crippen molar-refractivity contribution in [1.29, 1.82) is 0 Å². The van der Waals surface area contributed by atoms with E-state index in [0.717, 1.165) is 0 Å². The molecule has 1 aliphatic rings. The standard InChI is InChI=1S/C12H14N2O4/c15-11(14-5-8-1-2-8)7-18-9-3-4-10(12(16)17)13-6-9/h3-4,6,8H,1-2,5,7H2,(H,14,15)(H,16,17). The number of nitrogens with zero attached hydrogens (tertiary/aromatic N) is 1. The third-order valence-corrected chi connectivity index (χ3v) is 2.61. The molecule has 96 valence electrons. The van der Waals surface area contributed by atoms with Gasteiger partial charge >= 0.3 is 5.97 Å². The van der Waals surface area contributed by atoms with E-state index >= 15 is 0 Å². The molecule has 18 heavy (non-hydrogen) atoms. The highest BCUT2D eigenvalue weighted by Crippen LogP contribution is 2.27. The SMILES string of the molecule is O=C(COc1ccc(C(=O)O)nc1)NCC1CC1. The van der Waals surface area contributed by atoms with Crippen LogP contribution in [0.5, 0.6) is 5.75 Å². The molecule has 0 saturated heterocycles. The first-order valence-electron chi connectivity index (χ1n) is 5.74. The van der Waals surface area contributed by atoms with E-state index in [1.165, 1.54) is 31.2 Å². The van der Waals surface area contributed by atoms with Gasteiger partial charge in [-0.2, -0.15) is 0 Å². The monoisotopic (exact) mass is 250 g/mol. The van der Waals surface area contributed by atoms with Crippen LogP contribution in [0.2, 0.25) is 0 Å². The zero-order valence-corrected chi connectivity index (χ0v) is 9.76. The van der Waals surface area contributed by atoms with E-state index in [4.69, 9.17) is 9.84 Å². The lowest BCUT2D eigenvalue weighted by Crippen LogP contribution is -2.30. The molecule has 1 aromatic heterocycles. The number of amides is 1. The maximum absolute atomic E-state index is 11.4. The van der Waals surface area contributed by atoms with Crippen LogP contribution in [0.15, 0.2) is 18.3 Å². The van der Waals surface area contributed by atoms with Crippen molar-refractivity contribution in [2.45, 2.75) is 12.8 Å². The normalized spacial score (nSPS) is 14.0. The molecule has 1 amide bonds. The molecule has 2 N–H and O–H groups in total. The van der Waals surface area contributed by atoms with E-state index in [1.807, 2.05) is 0 Å². The number of carboxylic acids is 1. The Hall–Kier alpha value is -2.11. The summed E-state index contributed by atoms with van der Waals surface area (Å²) in [7, 11) is 0. The molecule has 1 heterocycles. The van der Waals surface area contributed by atoms with Gasteiger partial charge in [0.1, 0.15) is 11.4 Å². The van der Waals surface area contributed by atoms with Crippen LogP contribution in [0, 0.1) is 5.92 Å². The summed E-state index contributed by atoms with van der Waals surface area (Å²) >= 11 is 0. The first-order valence-corrected chi connectivity index (χ1v) is 5.74. The molecule has 6 heteroatoms. The summed E-state index contributed by atoms with van der Waals surface area (Å²) in [6, 6.07) is 2.81. The number of aromatic nitrogens is 1. The van der Waals surface area contributed by atoms with Crippen molar-refractivity contribution < 1.29 is 19.4 Å². The van der Waals surface area contributed by atoms with Crippen molar-refractivity contribution in [2.24, 2.45) is 5.92 Å². The number of ether oxygens (including phenoxy) is 1. The van der Waals surface area contributed by atoms with E-state index in [1.54, 1.807) is 0 Å². The second kappa shape index (κ2) is 5.48. The predicted octanol–water partition coefficient (Wildman–Crippen LogP) is 0.685. The molecule has 1 aliphatic carbocycles. The summed E-state index contributed by atoms with van der Waals surface area (Å²) in [6.07, 6.45) is 3.65. The number of carbonyl (C=O) groups excluding carboxylic acids is 1. The van der Waals surface area contributed by atoms with E-state index in [0.29, 0.717) is 18.2 Å². The molecule has 0 unspecified atom stereocenters. The van der Waals surface area contributed by atoms with E-state index < -0.39 is 5.97 Å². The number of nitrogens with one attached hydrogen (secondary N) is 1. The van der Waals surface area contributed by atoms with E-state index in [9.17, 15) is 9.59 Å². The molecule has 0 atom stereocenters. The van der Waals surface area contributed by atoms with Gasteiger partial charge in [0.25, 0.3) is 5.91 Å². The lowest BCUT2D eigenvalue weighted by molar-refractivity contribution is -0.123. The van der Waals surface area contributed by atoms with Crippen molar-refractivity contribution in [3.63, 3.8) is 0 Å². The van der Waals surface area contributed by atoms with Crippen LogP contribution in [0.25, 0.3) is 0 Å². The zero-order chi connectivity index (χ0) is 13.0. The lowest BCUT2D eigenvalue weighted by Gasteiger charge is -2.06. The van der Waals surface area contributed by atoms with Gasteiger partial charge in [-0.1, -0.05) is 0 Å². The van der Waals surface area contributed by atoms with E-state index in [-0.39, 0.29) is 18.2 Å². The minimum absolute atomic E-state index is 0.0551. The Bertz CT molecular complexity index is 440. The summed E-state index contributed by atoms with van der Waals surface area (Å²) in [5, 5.41) is 11.4. The van der Waals surface area contributed by atoms with Gasteiger partial charge in [0.2, 0.25) is 0 Å². The molecule has 0 aromatic carbocycles. The number of hydrogen-bond donors (Lipinski definition) is 2. The molecule has 1 aromatic rings. The molecule has 1 fully saturated rings. The predicted molar refractivity (Wildman–Crippen MR) is 62.4 cm³/mol. The summed E-state index contributed by atoms with van der Waals surface area (Å²) in [5.74, 6) is -0.264. The highest BCUT2D eigenvalue weighted by molar-refractivity contribution is 5.85. The lowest BCUT2D eigenvalue weighted by atomic mass is 10.3. The topological polar surface area (TPSA) is 88.5 Å². The highest BCUT2D eigenvalue weighted by atomic mass is 16.5. The van der Waals surface area contributed by atoms with Crippen LogP contribution in [-0.4, -0.2) is 35.1 Å². The Balaban J connectivity index is 1.74. The highest BCUT2D eigenvalue weighted by Gasteiger charge is 2.21. The molecular weight excluding hydrogens is 236 g/mol. The smallest absolute Gasteiger partial charge is 0.354 e. The Morgan fingerprint density at radius 1 is 1.44 bits per heavy atom. The van der Waals surface area contributed by atoms with Gasteiger partial charge in [-0.05, 0) is 30.9 Å². The molecule has 1 saturated carbocycles. The number of aromatic carboxylic acids is 1. The maximum atomic E-state index is 11.4. The number of rotatable bonds is 6. The second-order valence-corrected chi connectivity index (χ2v) is 4.22. The Morgan fingerprint density at radius 2 is 2.22 bits per heavy atom. The van der Waals surface area contributed by atoms with Crippen LogP contribution in [0.3, 0.4) is 0 Å². The third kappa shape index (κ3) is 3.73. The quantitative estimate of drug-likeness (QED) is 0.775. The number of pyridine rings is 1. The van der Waals surface area contributed by atoms with Gasteiger partial charge in [0.15, 0.2) is 6.61 Å². The average Bonchev–Trinajstić information content (AvgIpc) is 3.18. The molecule has 0 bridgehead atoms. The van der Waals surface area contributed by atoms with Crippen molar-refractivity contribution >= 4 is 11.9 Å². The van der Waals surface area contributed by atoms with Crippen LogP contribution >= 0.6 is 0 Å². The van der Waals surface area contributed by atoms with Gasteiger partial charge < -0.3 is 15.2 Å². The summed E-state index contributed by atoms with van der Waals surface area (Å²) < 4.78 is 5.19. The van der Waals surface area contributed by atoms with Crippen LogP contribution in [0.1, 0.15) is 23.3 Å². The third-order valence-electron chi connectivity index (χ3n) is 2.61. The maximum Gasteiger partial charge on any atom is 0.354 e. The van der Waals surface area contributed by atoms with Crippen molar-refractivity contribution in [3.8, 4) is 5.75 Å². The van der Waals surface area contributed by atoms with Gasteiger partial charge in [0, 0.05) is 6.54 Å². The minimum atomic E-state index is -1.09. The average molecular weight is 250 g/mol. The first-order chi connectivity index (χ1) is 8.65. The number of carboxylic acid groups (broad SMARTS) is 1. The number of carbonyl (C=O) groups is 2. The molecule has 2 rings (SSSR count). The second-order valence-electron chi connectivity index (χ2n) is 4.22. The van der Waals surface area contributed by atoms with Gasteiger partial charge in [-0.25, -0.2) is 9.78 Å². The minimum Gasteiger partial charge on any atom is -0.482 e. The van der Waals surface area contributed by atoms with Crippen molar-refractivity contribution in [1.82, 2.24) is 10.3 Å². The van der Waals surface area contributed by atoms with Crippen LogP contribution in [-0.2, 0) is 4.79 Å². The van der Waals surface area contributed by atoms with Crippen molar-refractivity contribution in [2.75, 3.05) is 13.2 Å². The molecular formula is C12H14N2O4. The fourth-order valence-electron chi connectivity index (χ4n) is 1.37. The Kier molecular flexibility index (Phi) is 3.76. The van der Waals surface area contributed by atoms with Crippen LogP contribution in [0.4, 0.5) is 0 Å². The van der Waals surface area contributed by atoms with Crippen molar-refractivity contribution in [3.05, 3.63) is 24.0 Å². The number of hydrogen-bond acceptors (Lipinski definition) is 4. The molecule has 0 aliphatic heterocycles. The summed E-state index contributed by atoms with van der Waals surface area (Å²) in [4.78, 5) is 25.6. The molecule has 0 radical (unpaired) electrons. The molecule has 0 spiro atoms. The van der Waals surface area contributed by atoms with Crippen LogP contribution < -0.4 is 10.1 Å². The van der Waals surface area contributed by atoms with Gasteiger partial charge in [0.05, 0.1) is 6.20 Å². The zero-order valence-electron chi connectivity index (χ0n) is 9.76. The Labute approximate surface area is 104 Å². The largest absolute Gasteiger partial charge is 0.482 e. The first kappa shape index (κ1) is 12.3. The molecule has 6 nitrogen and oxygen atoms in total. The summed E-state index contributed by atoms with van der Waals surface area (Å²) in [5.41, 5.74) is -0.0551. The summed E-state index contributed by atoms with van der Waals surface area (Å²) in [6.45, 7) is 0.624. The van der Waals surface area contributed by atoms with Gasteiger partial charge in [-0.3, -0.25) is 4.79 Å². The fourth-order valence-corrected chi connectivity index (χ4v) is 1.37. The fraction of sp³-hybridized carbons (Fsp3) is 0.417. The Morgan fingerprint density at radius 3 is 2.78 bits per heavy atom. The van der Waals surface area contributed by atoms with Gasteiger partial charge in [-0.15, -0.1) is 0 Å². The van der Waals surface area contributed by atoms with E-state index in [2.05, 4.69) is 10.3 Å².